The van der Waals surface area contributed by atoms with Crippen molar-refractivity contribution in [3.63, 3.8) is 0 Å². The molecule has 0 spiro atoms. The first-order valence-electron chi connectivity index (χ1n) is 7.91. The molecule has 1 saturated heterocycles. The molecule has 1 atom stereocenters. The van der Waals surface area contributed by atoms with Gasteiger partial charge in [0, 0.05) is 17.8 Å². The van der Waals surface area contributed by atoms with E-state index < -0.39 is 0 Å². The molecule has 1 heterocycles. The zero-order valence-electron chi connectivity index (χ0n) is 13.8. The average molecular weight is 284 g/mol. The summed E-state index contributed by atoms with van der Waals surface area (Å²) in [6.45, 7) is 14.6. The largest absolute Gasteiger partial charge is 0.310 e. The van der Waals surface area contributed by atoms with E-state index in [2.05, 4.69) is 58.6 Å². The lowest BCUT2D eigenvalue weighted by molar-refractivity contribution is 0.0786. The van der Waals surface area contributed by atoms with Crippen molar-refractivity contribution in [1.82, 2.24) is 5.32 Å². The maximum Gasteiger partial charge on any atom is 0.0166 e. The van der Waals surface area contributed by atoms with Gasteiger partial charge in [-0.15, -0.1) is 0 Å². The predicted molar refractivity (Wildman–Crippen MR) is 87.8 cm³/mol. The first kappa shape index (κ1) is 15.7. The third-order valence-corrected chi connectivity index (χ3v) is 6.26. The van der Waals surface area contributed by atoms with Gasteiger partial charge < -0.3 is 5.32 Å². The molecule has 1 nitrogen and oxygen atoms in total. The van der Waals surface area contributed by atoms with E-state index in [-0.39, 0.29) is 0 Å². The minimum Gasteiger partial charge on any atom is -0.310 e. The Bertz CT molecular complexity index is 303. The molecular formula is C17H33NS. The molecule has 112 valence electrons. The van der Waals surface area contributed by atoms with Gasteiger partial charge in [-0.1, -0.05) is 41.5 Å². The van der Waals surface area contributed by atoms with Gasteiger partial charge in [0.2, 0.25) is 0 Å². The maximum absolute atomic E-state index is 4.00. The molecule has 2 aliphatic rings. The fraction of sp³-hybridized carbons (Fsp3) is 1.00. The van der Waals surface area contributed by atoms with Crippen LogP contribution in [0, 0.1) is 16.2 Å². The first-order valence-corrected chi connectivity index (χ1v) is 9.06. The molecule has 2 fully saturated rings. The third kappa shape index (κ3) is 4.67. The Labute approximate surface area is 124 Å². The van der Waals surface area contributed by atoms with Crippen LogP contribution in [-0.4, -0.2) is 23.6 Å². The summed E-state index contributed by atoms with van der Waals surface area (Å²) in [6, 6.07) is 1.45. The molecule has 0 amide bonds. The second-order valence-electron chi connectivity index (χ2n) is 9.36. The van der Waals surface area contributed by atoms with Gasteiger partial charge in [-0.25, -0.2) is 0 Å². The van der Waals surface area contributed by atoms with Crippen molar-refractivity contribution < 1.29 is 0 Å². The van der Waals surface area contributed by atoms with Crippen molar-refractivity contribution in [2.75, 3.05) is 11.5 Å². The topological polar surface area (TPSA) is 12.0 Å². The fourth-order valence-corrected chi connectivity index (χ4v) is 5.95. The van der Waals surface area contributed by atoms with Crippen molar-refractivity contribution >= 4 is 11.8 Å². The van der Waals surface area contributed by atoms with Crippen LogP contribution in [-0.2, 0) is 0 Å². The van der Waals surface area contributed by atoms with Crippen LogP contribution in [0.2, 0.25) is 0 Å². The Kier molecular flexibility index (Phi) is 4.34. The van der Waals surface area contributed by atoms with Crippen LogP contribution >= 0.6 is 11.8 Å². The smallest absolute Gasteiger partial charge is 0.0166 e. The molecule has 2 rings (SSSR count). The molecule has 1 aliphatic heterocycles. The van der Waals surface area contributed by atoms with Crippen molar-refractivity contribution in [3.8, 4) is 0 Å². The quantitative estimate of drug-likeness (QED) is 0.787. The van der Waals surface area contributed by atoms with E-state index in [0.717, 1.165) is 12.1 Å². The number of nitrogens with one attached hydrogen (secondary N) is 1. The molecule has 2 heteroatoms. The minimum atomic E-state index is 0.497. The van der Waals surface area contributed by atoms with E-state index in [1.54, 1.807) is 0 Å². The molecule has 0 aromatic heterocycles. The van der Waals surface area contributed by atoms with Crippen molar-refractivity contribution in [2.45, 2.75) is 79.3 Å². The average Bonchev–Trinajstić information content (AvgIpc) is 2.09. The van der Waals surface area contributed by atoms with E-state index in [0.29, 0.717) is 16.2 Å². The highest BCUT2D eigenvalue weighted by Crippen LogP contribution is 2.46. The Morgan fingerprint density at radius 1 is 0.789 bits per heavy atom. The van der Waals surface area contributed by atoms with Gasteiger partial charge in [-0.3, -0.25) is 0 Å². The highest BCUT2D eigenvalue weighted by Gasteiger charge is 2.39. The summed E-state index contributed by atoms with van der Waals surface area (Å²) in [5.41, 5.74) is 1.51. The molecule has 0 bridgehead atoms. The molecule has 19 heavy (non-hydrogen) atoms. The minimum absolute atomic E-state index is 0.497. The Morgan fingerprint density at radius 3 is 1.84 bits per heavy atom. The first-order chi connectivity index (χ1) is 8.57. The monoisotopic (exact) mass is 283 g/mol. The normalized spacial score (nSPS) is 34.1. The lowest BCUT2D eigenvalue weighted by atomic mass is 9.63. The summed E-state index contributed by atoms with van der Waals surface area (Å²) in [5.74, 6) is 2.63. The lowest BCUT2D eigenvalue weighted by Gasteiger charge is -2.47. The highest BCUT2D eigenvalue weighted by atomic mass is 32.2. The number of rotatable bonds is 2. The van der Waals surface area contributed by atoms with Gasteiger partial charge in [-0.2, -0.15) is 11.8 Å². The Hall–Kier alpha value is 0.310. The predicted octanol–water partition coefficient (Wildman–Crippen LogP) is 4.71. The van der Waals surface area contributed by atoms with E-state index >= 15 is 0 Å². The van der Waals surface area contributed by atoms with E-state index in [1.807, 2.05) is 0 Å². The number of hydrogen-bond donors (Lipinski definition) is 1. The summed E-state index contributed by atoms with van der Waals surface area (Å²) in [6.07, 6.45) is 5.40. The van der Waals surface area contributed by atoms with Gasteiger partial charge in [0.05, 0.1) is 0 Å². The van der Waals surface area contributed by atoms with Gasteiger partial charge >= 0.3 is 0 Å². The summed E-state index contributed by atoms with van der Waals surface area (Å²) in [7, 11) is 0. The lowest BCUT2D eigenvalue weighted by Crippen LogP contribution is -2.50. The zero-order chi connectivity index (χ0) is 14.3. The molecule has 1 aliphatic carbocycles. The summed E-state index contributed by atoms with van der Waals surface area (Å²) in [4.78, 5) is 0. The van der Waals surface area contributed by atoms with Crippen molar-refractivity contribution in [2.24, 2.45) is 16.2 Å². The Balaban J connectivity index is 1.95. The second-order valence-corrected chi connectivity index (χ2v) is 10.4. The second kappa shape index (κ2) is 5.26. The summed E-state index contributed by atoms with van der Waals surface area (Å²) >= 11 is 2.14. The number of hydrogen-bond acceptors (Lipinski definition) is 2. The number of thioether (sulfide) groups is 1. The molecule has 0 aromatic carbocycles. The zero-order valence-corrected chi connectivity index (χ0v) is 14.6. The van der Waals surface area contributed by atoms with Crippen LogP contribution in [0.3, 0.4) is 0 Å². The molecular weight excluding hydrogens is 250 g/mol. The van der Waals surface area contributed by atoms with E-state index in [1.165, 1.54) is 37.2 Å². The molecule has 1 N–H and O–H groups in total. The Morgan fingerprint density at radius 2 is 1.32 bits per heavy atom. The van der Waals surface area contributed by atoms with Crippen LogP contribution in [0.15, 0.2) is 0 Å². The maximum atomic E-state index is 4.00. The molecule has 0 radical (unpaired) electrons. The van der Waals surface area contributed by atoms with Crippen LogP contribution < -0.4 is 5.32 Å². The van der Waals surface area contributed by atoms with Crippen molar-refractivity contribution in [3.05, 3.63) is 0 Å². The fourth-order valence-electron chi connectivity index (χ4n) is 4.67. The molecule has 1 unspecified atom stereocenters. The molecule has 1 saturated carbocycles. The van der Waals surface area contributed by atoms with E-state index in [4.69, 9.17) is 0 Å². The highest BCUT2D eigenvalue weighted by molar-refractivity contribution is 7.99. The third-order valence-electron chi connectivity index (χ3n) is 4.64. The van der Waals surface area contributed by atoms with Gasteiger partial charge in [0.25, 0.3) is 0 Å². The summed E-state index contributed by atoms with van der Waals surface area (Å²) in [5, 5.41) is 4.00. The van der Waals surface area contributed by atoms with Crippen LogP contribution in [0.4, 0.5) is 0 Å². The van der Waals surface area contributed by atoms with E-state index in [9.17, 15) is 0 Å². The SMILES string of the molecule is CC1(C)CSCC(NC2CC(C)(C)CC(C)(C)C2)C1. The van der Waals surface area contributed by atoms with Crippen LogP contribution in [0.1, 0.15) is 67.2 Å². The molecule has 0 aromatic rings. The van der Waals surface area contributed by atoms with Crippen molar-refractivity contribution in [1.29, 1.82) is 0 Å². The van der Waals surface area contributed by atoms with Crippen LogP contribution in [0.25, 0.3) is 0 Å². The van der Waals surface area contributed by atoms with Gasteiger partial charge in [0.1, 0.15) is 0 Å². The van der Waals surface area contributed by atoms with Crippen LogP contribution in [0.5, 0.6) is 0 Å². The van der Waals surface area contributed by atoms with Gasteiger partial charge in [-0.05, 0) is 47.7 Å². The standard InChI is InChI=1S/C17H33NS/c1-15(2)7-13(8-16(3,4)11-15)18-14-9-17(5,6)12-19-10-14/h13-14,18H,7-12H2,1-6H3. The van der Waals surface area contributed by atoms with Gasteiger partial charge in [0.15, 0.2) is 0 Å². The summed E-state index contributed by atoms with van der Waals surface area (Å²) < 4.78 is 0.